The van der Waals surface area contributed by atoms with E-state index in [-0.39, 0.29) is 10.8 Å². The molecule has 27 heavy (non-hydrogen) atoms. The van der Waals surface area contributed by atoms with Crippen molar-refractivity contribution in [1.82, 2.24) is 9.88 Å². The molecule has 3 aromatic rings. The van der Waals surface area contributed by atoms with Crippen molar-refractivity contribution < 1.29 is 9.53 Å². The maximum Gasteiger partial charge on any atom is 0.308 e. The van der Waals surface area contributed by atoms with Crippen LogP contribution >= 0.6 is 11.3 Å². The van der Waals surface area contributed by atoms with Crippen molar-refractivity contribution in [3.8, 4) is 5.75 Å². The minimum atomic E-state index is -0.228. The van der Waals surface area contributed by atoms with Gasteiger partial charge in [0.1, 0.15) is 10.6 Å². The molecule has 0 saturated carbocycles. The van der Waals surface area contributed by atoms with Crippen molar-refractivity contribution >= 4 is 17.2 Å². The topological polar surface area (TPSA) is 60.3 Å². The van der Waals surface area contributed by atoms with Crippen LogP contribution in [0.5, 0.6) is 5.75 Å². The first kappa shape index (κ1) is 18.9. The van der Waals surface area contributed by atoms with Crippen LogP contribution in [0.3, 0.4) is 0 Å². The van der Waals surface area contributed by atoms with Gasteiger partial charge in [0, 0.05) is 12.2 Å². The molecule has 1 amide bonds. The predicted molar refractivity (Wildman–Crippen MR) is 108 cm³/mol. The molecular formula is C21H22N2O3S. The summed E-state index contributed by atoms with van der Waals surface area (Å²) in [5.74, 6) is 0.543. The molecule has 1 N–H and O–H groups in total. The second-order valence-corrected chi connectivity index (χ2v) is 7.29. The Balaban J connectivity index is 1.73. The fourth-order valence-corrected chi connectivity index (χ4v) is 3.74. The van der Waals surface area contributed by atoms with Crippen LogP contribution in [-0.4, -0.2) is 17.6 Å². The minimum Gasteiger partial charge on any atom is -0.497 e. The molecule has 0 radical (unpaired) electrons. The van der Waals surface area contributed by atoms with E-state index in [0.717, 1.165) is 33.8 Å². The molecule has 0 aliphatic carbocycles. The number of ether oxygens (including phenoxy) is 1. The van der Waals surface area contributed by atoms with Crippen LogP contribution in [0.2, 0.25) is 0 Å². The van der Waals surface area contributed by atoms with Crippen molar-refractivity contribution in [1.29, 1.82) is 0 Å². The molecule has 5 nitrogen and oxygen atoms in total. The average Bonchev–Trinajstić information content (AvgIpc) is 2.96. The zero-order chi connectivity index (χ0) is 19.4. The molecule has 1 aromatic heterocycles. The molecule has 1 heterocycles. The number of amides is 1. The molecule has 2 aromatic carbocycles. The van der Waals surface area contributed by atoms with E-state index in [1.165, 1.54) is 0 Å². The van der Waals surface area contributed by atoms with Crippen LogP contribution < -0.4 is 14.9 Å². The van der Waals surface area contributed by atoms with E-state index in [4.69, 9.17) is 4.74 Å². The van der Waals surface area contributed by atoms with Gasteiger partial charge in [0.05, 0.1) is 13.7 Å². The number of nitrogens with one attached hydrogen (secondary N) is 1. The number of carbonyl (C=O) groups excluding carboxylic acids is 1. The monoisotopic (exact) mass is 382 g/mol. The smallest absolute Gasteiger partial charge is 0.308 e. The third kappa shape index (κ3) is 4.28. The van der Waals surface area contributed by atoms with Crippen molar-refractivity contribution in [2.75, 3.05) is 7.11 Å². The molecular weight excluding hydrogens is 360 g/mol. The van der Waals surface area contributed by atoms with Crippen LogP contribution in [-0.2, 0) is 13.1 Å². The van der Waals surface area contributed by atoms with Crippen LogP contribution in [0.1, 0.15) is 32.1 Å². The zero-order valence-electron chi connectivity index (χ0n) is 15.6. The lowest BCUT2D eigenvalue weighted by molar-refractivity contribution is 0.0954. The van der Waals surface area contributed by atoms with Gasteiger partial charge in [-0.1, -0.05) is 47.7 Å². The Bertz CT molecular complexity index is 1000. The van der Waals surface area contributed by atoms with Crippen molar-refractivity contribution in [3.05, 3.63) is 85.5 Å². The standard InChI is InChI=1S/C21H22N2O3S/c1-14-6-4-5-7-17(14)13-23-15(2)19(27-21(23)25)20(24)22-12-16-8-10-18(26-3)11-9-16/h4-11H,12-13H2,1-3H3,(H,22,24). The van der Waals surface area contributed by atoms with Crippen molar-refractivity contribution in [2.45, 2.75) is 26.9 Å². The van der Waals surface area contributed by atoms with Crippen LogP contribution in [0, 0.1) is 13.8 Å². The van der Waals surface area contributed by atoms with Gasteiger partial charge in [-0.05, 0) is 42.7 Å². The van der Waals surface area contributed by atoms with Crippen LogP contribution in [0.15, 0.2) is 53.3 Å². The van der Waals surface area contributed by atoms with E-state index in [2.05, 4.69) is 5.32 Å². The number of carbonyl (C=O) groups is 1. The highest BCUT2D eigenvalue weighted by Gasteiger charge is 2.18. The van der Waals surface area contributed by atoms with Crippen LogP contribution in [0.25, 0.3) is 0 Å². The molecule has 0 bridgehead atoms. The van der Waals surface area contributed by atoms with Gasteiger partial charge in [-0.25, -0.2) is 0 Å². The fraction of sp³-hybridized carbons (Fsp3) is 0.238. The summed E-state index contributed by atoms with van der Waals surface area (Å²) in [7, 11) is 1.61. The Morgan fingerprint density at radius 1 is 1.11 bits per heavy atom. The Kier molecular flexibility index (Phi) is 5.76. The number of rotatable bonds is 6. The number of methoxy groups -OCH3 is 1. The van der Waals surface area contributed by atoms with Gasteiger partial charge in [0.15, 0.2) is 0 Å². The number of hydrogen-bond acceptors (Lipinski definition) is 4. The fourth-order valence-electron chi connectivity index (χ4n) is 2.83. The number of hydrogen-bond donors (Lipinski definition) is 1. The molecule has 0 atom stereocenters. The molecule has 140 valence electrons. The van der Waals surface area contributed by atoms with E-state index in [1.807, 2.05) is 62.4 Å². The summed E-state index contributed by atoms with van der Waals surface area (Å²) in [5, 5.41) is 2.89. The zero-order valence-corrected chi connectivity index (χ0v) is 16.4. The Labute approximate surface area is 162 Å². The van der Waals surface area contributed by atoms with Gasteiger partial charge in [0.25, 0.3) is 5.91 Å². The summed E-state index contributed by atoms with van der Waals surface area (Å²) < 4.78 is 6.79. The maximum absolute atomic E-state index is 12.6. The highest BCUT2D eigenvalue weighted by molar-refractivity contribution is 7.11. The Morgan fingerprint density at radius 3 is 2.48 bits per heavy atom. The van der Waals surface area contributed by atoms with E-state index in [9.17, 15) is 9.59 Å². The molecule has 0 unspecified atom stereocenters. The van der Waals surface area contributed by atoms with Gasteiger partial charge in [-0.2, -0.15) is 0 Å². The van der Waals surface area contributed by atoms with E-state index < -0.39 is 0 Å². The minimum absolute atomic E-state index is 0.120. The number of aromatic nitrogens is 1. The molecule has 0 aliphatic rings. The first-order valence-electron chi connectivity index (χ1n) is 8.65. The Morgan fingerprint density at radius 2 is 1.81 bits per heavy atom. The Hall–Kier alpha value is -2.86. The lowest BCUT2D eigenvalue weighted by Gasteiger charge is -2.09. The van der Waals surface area contributed by atoms with Gasteiger partial charge in [0.2, 0.25) is 0 Å². The highest BCUT2D eigenvalue weighted by atomic mass is 32.1. The van der Waals surface area contributed by atoms with Crippen molar-refractivity contribution in [2.24, 2.45) is 0 Å². The molecule has 0 fully saturated rings. The van der Waals surface area contributed by atoms with Crippen LogP contribution in [0.4, 0.5) is 0 Å². The molecule has 0 saturated heterocycles. The van der Waals surface area contributed by atoms with Gasteiger partial charge < -0.3 is 10.1 Å². The summed E-state index contributed by atoms with van der Waals surface area (Å²) in [5.41, 5.74) is 3.86. The van der Waals surface area contributed by atoms with Gasteiger partial charge in [-0.15, -0.1) is 0 Å². The normalized spacial score (nSPS) is 10.6. The molecule has 6 heteroatoms. The molecule has 3 rings (SSSR count). The second kappa shape index (κ2) is 8.22. The van der Waals surface area contributed by atoms with E-state index in [0.29, 0.717) is 23.7 Å². The summed E-state index contributed by atoms with van der Waals surface area (Å²) in [6.07, 6.45) is 0. The largest absolute Gasteiger partial charge is 0.497 e. The lowest BCUT2D eigenvalue weighted by atomic mass is 10.1. The predicted octanol–water partition coefficient (Wildman–Crippen LogP) is 3.51. The van der Waals surface area contributed by atoms with Crippen molar-refractivity contribution in [3.63, 3.8) is 0 Å². The highest BCUT2D eigenvalue weighted by Crippen LogP contribution is 2.16. The third-order valence-corrected chi connectivity index (χ3v) is 5.63. The second-order valence-electron chi connectivity index (χ2n) is 6.33. The SMILES string of the molecule is COc1ccc(CNC(=O)c2sc(=O)n(Cc3ccccc3C)c2C)cc1. The summed E-state index contributed by atoms with van der Waals surface area (Å²) in [4.78, 5) is 25.3. The average molecular weight is 382 g/mol. The first-order valence-corrected chi connectivity index (χ1v) is 9.47. The summed E-state index contributed by atoms with van der Waals surface area (Å²) in [6, 6.07) is 15.5. The van der Waals surface area contributed by atoms with E-state index >= 15 is 0 Å². The number of benzene rings is 2. The lowest BCUT2D eigenvalue weighted by Crippen LogP contribution is -2.23. The van der Waals surface area contributed by atoms with E-state index in [1.54, 1.807) is 11.7 Å². The van der Waals surface area contributed by atoms with Gasteiger partial charge in [-0.3, -0.25) is 14.2 Å². The molecule has 0 spiro atoms. The maximum atomic E-state index is 12.6. The summed E-state index contributed by atoms with van der Waals surface area (Å²) >= 11 is 0.991. The number of thiazole rings is 1. The van der Waals surface area contributed by atoms with Gasteiger partial charge >= 0.3 is 4.87 Å². The number of aryl methyl sites for hydroxylation is 1. The number of nitrogens with zero attached hydrogens (tertiary/aromatic N) is 1. The molecule has 0 aliphatic heterocycles. The first-order chi connectivity index (χ1) is 13.0. The quantitative estimate of drug-likeness (QED) is 0.710. The third-order valence-electron chi connectivity index (χ3n) is 4.55. The summed E-state index contributed by atoms with van der Waals surface area (Å²) in [6.45, 7) is 4.70.